The van der Waals surface area contributed by atoms with Gasteiger partial charge in [0.05, 0.1) is 24.4 Å². The minimum Gasteiger partial charge on any atom is -0.490 e. The topological polar surface area (TPSA) is 105 Å². The van der Waals surface area contributed by atoms with Crippen LogP contribution in [0.2, 0.25) is 0 Å². The first-order valence-electron chi connectivity index (χ1n) is 11.5. The molecule has 1 aromatic carbocycles. The van der Waals surface area contributed by atoms with Crippen molar-refractivity contribution in [1.29, 1.82) is 0 Å². The van der Waals surface area contributed by atoms with Crippen molar-refractivity contribution < 1.29 is 9.53 Å². The summed E-state index contributed by atoms with van der Waals surface area (Å²) in [7, 11) is 2.02. The molecule has 1 saturated heterocycles. The molecule has 4 bridgehead atoms. The highest BCUT2D eigenvalue weighted by Crippen LogP contribution is 2.46. The molecular formula is C24H27N7O2. The summed E-state index contributed by atoms with van der Waals surface area (Å²) in [5.74, 6) is 1.48. The molecule has 1 saturated carbocycles. The molecule has 1 spiro atoms. The van der Waals surface area contributed by atoms with Gasteiger partial charge in [-0.3, -0.25) is 14.7 Å². The standard InChI is InChI=1S/C24H27N7O2/c1-31-7-4-16-8-19(31)23(32)28-12-24(5-6-24)13-33-22-17(15-9-25-14-26-10-15)2-3-18-21(22)30-20(29-16)11-27-18/h2-3,9-11,14,16,19H,4-8,12-13H2,1H3,(H,28,32)(H,29,30)/t16-,19-/m0/s1. The molecule has 1 aliphatic carbocycles. The Hall–Kier alpha value is -3.33. The number of nitrogens with one attached hydrogen (secondary N) is 2. The summed E-state index contributed by atoms with van der Waals surface area (Å²) in [6.07, 6.45) is 10.6. The fourth-order valence-corrected chi connectivity index (χ4v) is 4.83. The summed E-state index contributed by atoms with van der Waals surface area (Å²) in [6.45, 7) is 1.99. The van der Waals surface area contributed by atoms with Crippen LogP contribution in [0.25, 0.3) is 22.2 Å². The van der Waals surface area contributed by atoms with Crippen molar-refractivity contribution in [1.82, 2.24) is 30.2 Å². The maximum Gasteiger partial charge on any atom is 0.237 e. The van der Waals surface area contributed by atoms with E-state index in [-0.39, 0.29) is 23.4 Å². The molecule has 2 N–H and O–H groups in total. The monoisotopic (exact) mass is 445 g/mol. The van der Waals surface area contributed by atoms with Gasteiger partial charge < -0.3 is 15.4 Å². The molecule has 3 aliphatic rings. The SMILES string of the molecule is CN1CC[C@H]2C[C@H]1C(=O)NCC1(CC1)COc1c(-c3cncnc3)ccc3ncc(nc13)N2. The Morgan fingerprint density at radius 1 is 1.18 bits per heavy atom. The van der Waals surface area contributed by atoms with Crippen LogP contribution in [0.5, 0.6) is 5.75 Å². The maximum atomic E-state index is 13.0. The number of amides is 1. The number of fused-ring (bicyclic) bond motifs is 3. The summed E-state index contributed by atoms with van der Waals surface area (Å²) in [5, 5.41) is 6.73. The zero-order chi connectivity index (χ0) is 22.4. The Morgan fingerprint density at radius 3 is 2.85 bits per heavy atom. The molecule has 9 heteroatoms. The number of hydrogen-bond donors (Lipinski definition) is 2. The molecule has 6 rings (SSSR count). The third-order valence-corrected chi connectivity index (χ3v) is 7.18. The van der Waals surface area contributed by atoms with Gasteiger partial charge in [-0.15, -0.1) is 0 Å². The summed E-state index contributed by atoms with van der Waals surface area (Å²) in [6, 6.07) is 3.95. The predicted octanol–water partition coefficient (Wildman–Crippen LogP) is 2.25. The summed E-state index contributed by atoms with van der Waals surface area (Å²) >= 11 is 0. The maximum absolute atomic E-state index is 13.0. The lowest BCUT2D eigenvalue weighted by molar-refractivity contribution is -0.127. The molecule has 2 atom stereocenters. The van der Waals surface area contributed by atoms with Gasteiger partial charge in [0.25, 0.3) is 0 Å². The van der Waals surface area contributed by atoms with E-state index in [0.717, 1.165) is 54.4 Å². The van der Waals surface area contributed by atoms with E-state index in [9.17, 15) is 4.79 Å². The zero-order valence-electron chi connectivity index (χ0n) is 18.6. The van der Waals surface area contributed by atoms with Crippen LogP contribution < -0.4 is 15.4 Å². The van der Waals surface area contributed by atoms with E-state index in [1.54, 1.807) is 18.6 Å². The van der Waals surface area contributed by atoms with Crippen LogP contribution in [0.1, 0.15) is 25.7 Å². The first-order chi connectivity index (χ1) is 16.1. The van der Waals surface area contributed by atoms with Crippen molar-refractivity contribution in [3.63, 3.8) is 0 Å². The molecule has 9 nitrogen and oxygen atoms in total. The Morgan fingerprint density at radius 2 is 2.03 bits per heavy atom. The largest absolute Gasteiger partial charge is 0.490 e. The van der Waals surface area contributed by atoms with Crippen molar-refractivity contribution in [3.8, 4) is 16.9 Å². The first-order valence-corrected chi connectivity index (χ1v) is 11.5. The van der Waals surface area contributed by atoms with Gasteiger partial charge in [-0.2, -0.15) is 0 Å². The Bertz CT molecular complexity index is 1200. The second kappa shape index (κ2) is 7.91. The van der Waals surface area contributed by atoms with Crippen molar-refractivity contribution in [2.75, 3.05) is 32.1 Å². The summed E-state index contributed by atoms with van der Waals surface area (Å²) in [5.41, 5.74) is 3.22. The van der Waals surface area contributed by atoms with Gasteiger partial charge >= 0.3 is 0 Å². The zero-order valence-corrected chi connectivity index (χ0v) is 18.6. The van der Waals surface area contributed by atoms with Gasteiger partial charge in [-0.1, -0.05) is 0 Å². The van der Waals surface area contributed by atoms with Gasteiger partial charge in [-0.25, -0.2) is 15.0 Å². The number of carbonyl (C=O) groups is 1. The summed E-state index contributed by atoms with van der Waals surface area (Å²) < 4.78 is 6.48. The quantitative estimate of drug-likeness (QED) is 0.588. The number of rotatable bonds is 1. The lowest BCUT2D eigenvalue weighted by Gasteiger charge is -2.37. The molecule has 33 heavy (non-hydrogen) atoms. The smallest absolute Gasteiger partial charge is 0.237 e. The highest BCUT2D eigenvalue weighted by molar-refractivity contribution is 5.90. The van der Waals surface area contributed by atoms with E-state index < -0.39 is 0 Å². The van der Waals surface area contributed by atoms with E-state index in [4.69, 9.17) is 9.72 Å². The Labute approximate surface area is 192 Å². The van der Waals surface area contributed by atoms with Crippen LogP contribution in [-0.4, -0.2) is 69.6 Å². The minimum absolute atomic E-state index is 0.0394. The Kier molecular flexibility index (Phi) is 4.86. The van der Waals surface area contributed by atoms with E-state index in [0.29, 0.717) is 24.7 Å². The van der Waals surface area contributed by atoms with Crippen molar-refractivity contribution in [2.45, 2.75) is 37.8 Å². The number of ether oxygens (including phenoxy) is 1. The molecule has 2 fully saturated rings. The van der Waals surface area contributed by atoms with Crippen LogP contribution in [0.4, 0.5) is 5.82 Å². The predicted molar refractivity (Wildman–Crippen MR) is 124 cm³/mol. The molecule has 3 aromatic rings. The number of hydrogen-bond acceptors (Lipinski definition) is 8. The average molecular weight is 446 g/mol. The number of anilines is 1. The molecular weight excluding hydrogens is 418 g/mol. The summed E-state index contributed by atoms with van der Waals surface area (Å²) in [4.78, 5) is 33.1. The number of piperidine rings is 1. The third kappa shape index (κ3) is 3.86. The normalized spacial score (nSPS) is 24.6. The van der Waals surface area contributed by atoms with Crippen LogP contribution in [0, 0.1) is 5.41 Å². The number of benzene rings is 1. The molecule has 0 unspecified atom stereocenters. The third-order valence-electron chi connectivity index (χ3n) is 7.18. The van der Waals surface area contributed by atoms with Gasteiger partial charge in [0.2, 0.25) is 5.91 Å². The van der Waals surface area contributed by atoms with Crippen LogP contribution in [-0.2, 0) is 4.79 Å². The number of carbonyl (C=O) groups excluding carboxylic acids is 1. The number of nitrogens with zero attached hydrogens (tertiary/aromatic N) is 5. The fourth-order valence-electron chi connectivity index (χ4n) is 4.83. The van der Waals surface area contributed by atoms with E-state index in [2.05, 4.69) is 30.5 Å². The number of likely N-dealkylation sites (tertiary alicyclic amines) is 1. The molecule has 2 aliphatic heterocycles. The average Bonchev–Trinajstić information content (AvgIpc) is 3.62. The molecule has 0 radical (unpaired) electrons. The van der Waals surface area contributed by atoms with E-state index in [1.807, 2.05) is 19.2 Å². The lowest BCUT2D eigenvalue weighted by Crippen LogP contribution is -2.53. The second-order valence-corrected chi connectivity index (χ2v) is 9.56. The molecule has 4 heterocycles. The molecule has 1 amide bonds. The number of aromatic nitrogens is 4. The minimum atomic E-state index is -0.149. The van der Waals surface area contributed by atoms with Crippen molar-refractivity contribution in [3.05, 3.63) is 37.1 Å². The van der Waals surface area contributed by atoms with E-state index in [1.165, 1.54) is 6.33 Å². The van der Waals surface area contributed by atoms with Gasteiger partial charge in [0.15, 0.2) is 5.75 Å². The highest BCUT2D eigenvalue weighted by atomic mass is 16.5. The van der Waals surface area contributed by atoms with Gasteiger partial charge in [0, 0.05) is 48.1 Å². The van der Waals surface area contributed by atoms with Crippen molar-refractivity contribution in [2.24, 2.45) is 5.41 Å². The first kappa shape index (κ1) is 20.3. The van der Waals surface area contributed by atoms with Gasteiger partial charge in [0.1, 0.15) is 17.7 Å². The molecule has 2 aromatic heterocycles. The van der Waals surface area contributed by atoms with Crippen LogP contribution in [0.15, 0.2) is 37.1 Å². The van der Waals surface area contributed by atoms with E-state index >= 15 is 0 Å². The van der Waals surface area contributed by atoms with Crippen molar-refractivity contribution >= 4 is 22.8 Å². The fraction of sp³-hybridized carbons (Fsp3) is 0.458. The van der Waals surface area contributed by atoms with Crippen LogP contribution in [0.3, 0.4) is 0 Å². The Balaban J connectivity index is 1.45. The van der Waals surface area contributed by atoms with Gasteiger partial charge in [-0.05, 0) is 44.9 Å². The molecule has 170 valence electrons. The lowest BCUT2D eigenvalue weighted by atomic mass is 9.96. The highest BCUT2D eigenvalue weighted by Gasteiger charge is 2.45. The van der Waals surface area contributed by atoms with Crippen LogP contribution >= 0.6 is 0 Å². The second-order valence-electron chi connectivity index (χ2n) is 9.56. The number of likely N-dealkylation sites (N-methyl/N-ethyl adjacent to an activating group) is 1.